The highest BCUT2D eigenvalue weighted by atomic mass is 32.2. The van der Waals surface area contributed by atoms with Gasteiger partial charge in [0.15, 0.2) is 4.34 Å². The Morgan fingerprint density at radius 3 is 2.95 bits per heavy atom. The van der Waals surface area contributed by atoms with Gasteiger partial charge in [0.1, 0.15) is 11.9 Å². The van der Waals surface area contributed by atoms with Crippen molar-refractivity contribution in [3.8, 4) is 6.07 Å². The first-order chi connectivity index (χ1) is 9.72. The third kappa shape index (κ3) is 4.04. The summed E-state index contributed by atoms with van der Waals surface area (Å²) in [5.74, 6) is 0.774. The molecule has 0 spiro atoms. The van der Waals surface area contributed by atoms with E-state index in [1.165, 1.54) is 23.3 Å². The van der Waals surface area contributed by atoms with E-state index in [0.717, 1.165) is 40.1 Å². The van der Waals surface area contributed by atoms with Gasteiger partial charge in [-0.1, -0.05) is 24.8 Å². The summed E-state index contributed by atoms with van der Waals surface area (Å²) in [4.78, 5) is 5.25. The van der Waals surface area contributed by atoms with Crippen LogP contribution < -0.4 is 5.32 Å². The van der Waals surface area contributed by atoms with Gasteiger partial charge in [0.05, 0.1) is 5.56 Å². The third-order valence-electron chi connectivity index (χ3n) is 2.63. The Bertz CT molecular complexity index is 616. The maximum Gasteiger partial charge on any atom is 0.174 e. The van der Waals surface area contributed by atoms with Gasteiger partial charge in [-0.05, 0) is 49.1 Å². The van der Waals surface area contributed by atoms with Crippen LogP contribution in [0.4, 0.5) is 0 Å². The van der Waals surface area contributed by atoms with Crippen molar-refractivity contribution >= 4 is 23.3 Å². The molecule has 0 bridgehead atoms. The molecule has 104 valence electrons. The van der Waals surface area contributed by atoms with Crippen LogP contribution in [0.15, 0.2) is 27.4 Å². The highest BCUT2D eigenvalue weighted by Gasteiger charge is 2.08. The molecule has 20 heavy (non-hydrogen) atoms. The molecule has 0 unspecified atom stereocenters. The molecule has 1 heterocycles. The number of nitriles is 1. The van der Waals surface area contributed by atoms with Crippen LogP contribution in [0.2, 0.25) is 0 Å². The van der Waals surface area contributed by atoms with E-state index in [9.17, 15) is 5.26 Å². The number of benzene rings is 1. The zero-order valence-corrected chi connectivity index (χ0v) is 13.1. The number of hydrogen-bond donors (Lipinski definition) is 1. The Morgan fingerprint density at radius 1 is 1.45 bits per heavy atom. The number of aromatic nitrogens is 2. The van der Waals surface area contributed by atoms with Crippen molar-refractivity contribution < 1.29 is 0 Å². The zero-order chi connectivity index (χ0) is 14.4. The van der Waals surface area contributed by atoms with Crippen molar-refractivity contribution in [3.63, 3.8) is 0 Å². The Labute approximate surface area is 127 Å². The number of aryl methyl sites for hydroxylation is 1. The summed E-state index contributed by atoms with van der Waals surface area (Å²) < 4.78 is 5.02. The molecule has 2 rings (SSSR count). The second-order valence-electron chi connectivity index (χ2n) is 4.33. The van der Waals surface area contributed by atoms with Crippen molar-refractivity contribution in [2.75, 3.05) is 6.54 Å². The Kier molecular flexibility index (Phi) is 5.53. The number of hydrogen-bond acceptors (Lipinski definition) is 6. The smallest absolute Gasteiger partial charge is 0.174 e. The molecule has 0 saturated carbocycles. The van der Waals surface area contributed by atoms with E-state index >= 15 is 0 Å². The predicted molar refractivity (Wildman–Crippen MR) is 81.9 cm³/mol. The lowest BCUT2D eigenvalue weighted by atomic mass is 10.1. The second-order valence-corrected chi connectivity index (χ2v) is 6.37. The highest BCUT2D eigenvalue weighted by Crippen LogP contribution is 2.31. The molecule has 0 fully saturated rings. The van der Waals surface area contributed by atoms with Gasteiger partial charge >= 0.3 is 0 Å². The fraction of sp³-hybridized carbons (Fsp3) is 0.357. The molecule has 0 amide bonds. The molecular formula is C14H16N4S2. The predicted octanol–water partition coefficient (Wildman–Crippen LogP) is 3.37. The first-order valence-corrected chi connectivity index (χ1v) is 8.04. The van der Waals surface area contributed by atoms with Crippen LogP contribution in [0, 0.1) is 18.3 Å². The highest BCUT2D eigenvalue weighted by molar-refractivity contribution is 8.01. The van der Waals surface area contributed by atoms with Crippen LogP contribution in [0.1, 0.15) is 30.3 Å². The van der Waals surface area contributed by atoms with Crippen LogP contribution in [0.25, 0.3) is 0 Å². The Morgan fingerprint density at radius 2 is 2.30 bits per heavy atom. The summed E-state index contributed by atoms with van der Waals surface area (Å²) in [6.45, 7) is 5.79. The van der Waals surface area contributed by atoms with Crippen molar-refractivity contribution in [2.24, 2.45) is 0 Å². The molecule has 0 aliphatic rings. The largest absolute Gasteiger partial charge is 0.313 e. The molecule has 0 aliphatic carbocycles. The summed E-state index contributed by atoms with van der Waals surface area (Å²) in [6, 6.07) is 8.25. The lowest BCUT2D eigenvalue weighted by Crippen LogP contribution is -2.13. The average molecular weight is 304 g/mol. The van der Waals surface area contributed by atoms with Gasteiger partial charge in [-0.25, -0.2) is 4.98 Å². The number of nitrogens with zero attached hydrogens (tertiary/aromatic N) is 3. The maximum atomic E-state index is 9.28. The quantitative estimate of drug-likeness (QED) is 0.829. The summed E-state index contributed by atoms with van der Waals surface area (Å²) in [6.07, 6.45) is 1.11. The molecule has 1 aromatic heterocycles. The van der Waals surface area contributed by atoms with Crippen molar-refractivity contribution in [3.05, 3.63) is 35.2 Å². The monoisotopic (exact) mass is 304 g/mol. The van der Waals surface area contributed by atoms with Crippen LogP contribution in [-0.4, -0.2) is 15.9 Å². The zero-order valence-electron chi connectivity index (χ0n) is 11.5. The fourth-order valence-corrected chi connectivity index (χ4v) is 3.36. The molecule has 1 aromatic carbocycles. The fourth-order valence-electron chi connectivity index (χ4n) is 1.69. The van der Waals surface area contributed by atoms with Gasteiger partial charge in [-0.15, -0.1) is 0 Å². The first kappa shape index (κ1) is 15.0. The van der Waals surface area contributed by atoms with Gasteiger partial charge < -0.3 is 5.32 Å². The molecule has 2 aromatic rings. The van der Waals surface area contributed by atoms with Crippen LogP contribution in [-0.2, 0) is 6.54 Å². The average Bonchev–Trinajstić information content (AvgIpc) is 2.86. The van der Waals surface area contributed by atoms with E-state index in [0.29, 0.717) is 5.56 Å². The minimum Gasteiger partial charge on any atom is -0.313 e. The SMILES string of the molecule is CCCNCc1ccc(Sc2nc(C)ns2)c(C#N)c1. The summed E-state index contributed by atoms with van der Waals surface area (Å²) >= 11 is 2.86. The molecule has 0 radical (unpaired) electrons. The van der Waals surface area contributed by atoms with Crippen molar-refractivity contribution in [1.29, 1.82) is 5.26 Å². The molecule has 0 saturated heterocycles. The molecule has 4 nitrogen and oxygen atoms in total. The molecule has 0 aliphatic heterocycles. The lowest BCUT2D eigenvalue weighted by molar-refractivity contribution is 0.675. The molecular weight excluding hydrogens is 288 g/mol. The van der Waals surface area contributed by atoms with Gasteiger partial charge in [0, 0.05) is 11.4 Å². The molecule has 1 N–H and O–H groups in total. The van der Waals surface area contributed by atoms with Crippen molar-refractivity contribution in [1.82, 2.24) is 14.7 Å². The number of rotatable bonds is 6. The van der Waals surface area contributed by atoms with E-state index < -0.39 is 0 Å². The molecule has 6 heteroatoms. The second kappa shape index (κ2) is 7.39. The Balaban J connectivity index is 2.11. The minimum atomic E-state index is 0.693. The van der Waals surface area contributed by atoms with Gasteiger partial charge in [-0.2, -0.15) is 9.64 Å². The van der Waals surface area contributed by atoms with Gasteiger partial charge in [0.25, 0.3) is 0 Å². The van der Waals surface area contributed by atoms with Crippen LogP contribution in [0.5, 0.6) is 0 Å². The Hall–Kier alpha value is -1.42. The standard InChI is InChI=1S/C14H16N4S2/c1-3-6-16-9-11-4-5-13(12(7-11)8-15)19-14-17-10(2)18-20-14/h4-5,7,16H,3,6,9H2,1-2H3. The van der Waals surface area contributed by atoms with Gasteiger partial charge in [0.2, 0.25) is 0 Å². The summed E-state index contributed by atoms with van der Waals surface area (Å²) in [5, 5.41) is 12.6. The summed E-state index contributed by atoms with van der Waals surface area (Å²) in [5.41, 5.74) is 1.83. The van der Waals surface area contributed by atoms with E-state index in [-0.39, 0.29) is 0 Å². The lowest BCUT2D eigenvalue weighted by Gasteiger charge is -2.06. The maximum absolute atomic E-state index is 9.28. The topological polar surface area (TPSA) is 61.6 Å². The van der Waals surface area contributed by atoms with Crippen LogP contribution in [0.3, 0.4) is 0 Å². The summed E-state index contributed by atoms with van der Waals surface area (Å²) in [7, 11) is 0. The number of nitrogens with one attached hydrogen (secondary N) is 1. The van der Waals surface area contributed by atoms with E-state index in [4.69, 9.17) is 0 Å². The van der Waals surface area contributed by atoms with Gasteiger partial charge in [-0.3, -0.25) is 0 Å². The minimum absolute atomic E-state index is 0.693. The van der Waals surface area contributed by atoms with E-state index in [1.54, 1.807) is 0 Å². The molecule has 0 atom stereocenters. The first-order valence-electron chi connectivity index (χ1n) is 6.45. The van der Waals surface area contributed by atoms with Crippen LogP contribution >= 0.6 is 23.3 Å². The van der Waals surface area contributed by atoms with E-state index in [1.807, 2.05) is 19.1 Å². The van der Waals surface area contributed by atoms with E-state index in [2.05, 4.69) is 33.7 Å². The normalized spacial score (nSPS) is 10.4. The van der Waals surface area contributed by atoms with Crippen molar-refractivity contribution in [2.45, 2.75) is 36.0 Å². The third-order valence-corrected chi connectivity index (χ3v) is 4.54.